The van der Waals surface area contributed by atoms with Crippen molar-refractivity contribution in [2.45, 2.75) is 29.5 Å². The number of piperidine rings is 1. The van der Waals surface area contributed by atoms with Crippen molar-refractivity contribution in [1.29, 1.82) is 0 Å². The van der Waals surface area contributed by atoms with Crippen LogP contribution in [0.25, 0.3) is 0 Å². The Balaban J connectivity index is 1.36. The molecule has 8 heteroatoms. The lowest BCUT2D eigenvalue weighted by molar-refractivity contribution is -0.137. The minimum Gasteiger partial charge on any atom is -0.352 e. The highest BCUT2D eigenvalue weighted by Crippen LogP contribution is 2.36. The zero-order valence-corrected chi connectivity index (χ0v) is 17.1. The number of thioether (sulfide) groups is 1. The average molecular weight is 428 g/mol. The molecule has 1 saturated heterocycles. The lowest BCUT2D eigenvalue weighted by Crippen LogP contribution is -2.50. The van der Waals surface area contributed by atoms with Gasteiger partial charge in [0.1, 0.15) is 5.82 Å². The molecule has 2 atom stereocenters. The van der Waals surface area contributed by atoms with Crippen LogP contribution < -0.4 is 10.6 Å². The number of para-hydroxylation sites is 1. The summed E-state index contributed by atoms with van der Waals surface area (Å²) in [7, 11) is 0. The van der Waals surface area contributed by atoms with E-state index in [1.807, 2.05) is 24.3 Å². The molecule has 4 rings (SSSR count). The minimum atomic E-state index is -0.846. The predicted molar refractivity (Wildman–Crippen MR) is 112 cm³/mol. The van der Waals surface area contributed by atoms with E-state index in [1.54, 1.807) is 17.0 Å². The molecule has 2 aromatic rings. The molecule has 0 aliphatic carbocycles. The fraction of sp³-hybridized carbons (Fsp3) is 0.318. The minimum absolute atomic E-state index is 0.136. The maximum Gasteiger partial charge on any atom is 0.247 e. The average Bonchev–Trinajstić information content (AvgIpc) is 2.77. The van der Waals surface area contributed by atoms with Crippen molar-refractivity contribution in [3.05, 3.63) is 59.9 Å². The van der Waals surface area contributed by atoms with Gasteiger partial charge in [0, 0.05) is 24.5 Å². The summed E-state index contributed by atoms with van der Waals surface area (Å²) in [5.74, 6) is -1.37. The molecule has 0 radical (unpaired) electrons. The molecule has 6 nitrogen and oxygen atoms in total. The molecule has 2 heterocycles. The Bertz CT molecular complexity index is 966. The second-order valence-corrected chi connectivity index (χ2v) is 8.60. The van der Waals surface area contributed by atoms with Gasteiger partial charge in [-0.05, 0) is 42.7 Å². The number of fused-ring (bicyclic) bond motifs is 1. The number of rotatable bonds is 4. The van der Waals surface area contributed by atoms with Crippen molar-refractivity contribution >= 4 is 35.2 Å². The molecule has 2 aliphatic heterocycles. The molecular weight excluding hydrogens is 405 g/mol. The molecule has 2 N–H and O–H groups in total. The number of likely N-dealkylation sites (tertiary alicyclic amines) is 1. The number of carbonyl (C=O) groups excluding carboxylic acids is 3. The molecule has 1 fully saturated rings. The van der Waals surface area contributed by atoms with E-state index in [9.17, 15) is 18.8 Å². The second kappa shape index (κ2) is 8.87. The Morgan fingerprint density at radius 2 is 1.93 bits per heavy atom. The van der Waals surface area contributed by atoms with Crippen molar-refractivity contribution in [2.75, 3.05) is 18.4 Å². The summed E-state index contributed by atoms with van der Waals surface area (Å²) < 4.78 is 13.0. The first-order chi connectivity index (χ1) is 14.5. The Labute approximate surface area is 178 Å². The molecule has 0 unspecified atom stereocenters. The molecule has 3 amide bonds. The van der Waals surface area contributed by atoms with Crippen LogP contribution in [-0.4, -0.2) is 41.0 Å². The Hall–Kier alpha value is -2.87. The monoisotopic (exact) mass is 427 g/mol. The van der Waals surface area contributed by atoms with Crippen molar-refractivity contribution in [3.8, 4) is 0 Å². The Morgan fingerprint density at radius 3 is 2.73 bits per heavy atom. The van der Waals surface area contributed by atoms with Gasteiger partial charge in [0.25, 0.3) is 0 Å². The van der Waals surface area contributed by atoms with Gasteiger partial charge in [-0.1, -0.05) is 24.3 Å². The summed E-state index contributed by atoms with van der Waals surface area (Å²) in [6, 6.07) is 13.4. The lowest BCUT2D eigenvalue weighted by atomic mass is 9.96. The van der Waals surface area contributed by atoms with Crippen molar-refractivity contribution in [2.24, 2.45) is 5.92 Å². The number of nitrogens with one attached hydrogen (secondary N) is 2. The highest BCUT2D eigenvalue weighted by atomic mass is 32.2. The van der Waals surface area contributed by atoms with Crippen molar-refractivity contribution < 1.29 is 18.8 Å². The van der Waals surface area contributed by atoms with Crippen LogP contribution >= 0.6 is 11.8 Å². The molecule has 156 valence electrons. The first kappa shape index (κ1) is 20.4. The van der Waals surface area contributed by atoms with Gasteiger partial charge in [0.15, 0.2) is 5.25 Å². The van der Waals surface area contributed by atoms with E-state index in [-0.39, 0.29) is 29.5 Å². The van der Waals surface area contributed by atoms with Gasteiger partial charge < -0.3 is 15.5 Å². The number of hydrogen-bond acceptors (Lipinski definition) is 4. The van der Waals surface area contributed by atoms with E-state index in [2.05, 4.69) is 10.6 Å². The molecule has 0 bridgehead atoms. The van der Waals surface area contributed by atoms with Gasteiger partial charge in [-0.2, -0.15) is 0 Å². The summed E-state index contributed by atoms with van der Waals surface area (Å²) in [4.78, 5) is 40.6. The predicted octanol–water partition coefficient (Wildman–Crippen LogP) is 2.79. The zero-order chi connectivity index (χ0) is 21.1. The number of amides is 3. The molecule has 2 aromatic carbocycles. The molecule has 0 aromatic heterocycles. The van der Waals surface area contributed by atoms with Crippen LogP contribution in [0.2, 0.25) is 0 Å². The van der Waals surface area contributed by atoms with Gasteiger partial charge in [-0.25, -0.2) is 4.39 Å². The van der Waals surface area contributed by atoms with Gasteiger partial charge >= 0.3 is 0 Å². The Kier molecular flexibility index (Phi) is 6.03. The highest BCUT2D eigenvalue weighted by molar-refractivity contribution is 8.01. The summed E-state index contributed by atoms with van der Waals surface area (Å²) in [6.45, 7) is 1.13. The summed E-state index contributed by atoms with van der Waals surface area (Å²) >= 11 is 1.25. The van der Waals surface area contributed by atoms with Crippen molar-refractivity contribution in [1.82, 2.24) is 10.2 Å². The fourth-order valence-electron chi connectivity index (χ4n) is 3.71. The molecule has 2 aliphatic rings. The van der Waals surface area contributed by atoms with E-state index in [4.69, 9.17) is 0 Å². The van der Waals surface area contributed by atoms with Gasteiger partial charge in [0.2, 0.25) is 17.7 Å². The Morgan fingerprint density at radius 1 is 1.17 bits per heavy atom. The summed E-state index contributed by atoms with van der Waals surface area (Å²) in [6.07, 6.45) is 1.39. The van der Waals surface area contributed by atoms with E-state index in [1.165, 1.54) is 23.9 Å². The standard InChI is InChI=1S/C22H22FN3O3S/c23-16-9-7-14(8-10-16)12-24-20(27)15-4-3-11-26(13-15)22(29)19-21(28)25-17-5-1-2-6-18(17)30-19/h1-2,5-10,15,19H,3-4,11-13H2,(H,24,27)(H,25,28)/t15-,19-/m1/s1. The van der Waals surface area contributed by atoms with Crippen LogP contribution in [0, 0.1) is 11.7 Å². The number of hydrogen-bond donors (Lipinski definition) is 2. The van der Waals surface area contributed by atoms with Crippen LogP contribution in [-0.2, 0) is 20.9 Å². The van der Waals surface area contributed by atoms with Crippen LogP contribution in [0.3, 0.4) is 0 Å². The molecule has 0 saturated carbocycles. The maximum absolute atomic E-state index is 13.0. The quantitative estimate of drug-likeness (QED) is 0.736. The van der Waals surface area contributed by atoms with E-state index in [0.717, 1.165) is 10.5 Å². The van der Waals surface area contributed by atoms with Gasteiger partial charge in [-0.3, -0.25) is 14.4 Å². The SMILES string of the molecule is O=C(NCc1ccc(F)cc1)[C@@H]1CCCN(C(=O)[C@@H]2Sc3ccccc3NC2=O)C1. The molecule has 0 spiro atoms. The molecular formula is C22H22FN3O3S. The first-order valence-electron chi connectivity index (χ1n) is 9.89. The van der Waals surface area contributed by atoms with Gasteiger partial charge in [-0.15, -0.1) is 11.8 Å². The lowest BCUT2D eigenvalue weighted by Gasteiger charge is -2.35. The first-order valence-corrected chi connectivity index (χ1v) is 10.8. The maximum atomic E-state index is 13.0. The number of benzene rings is 2. The third kappa shape index (κ3) is 4.48. The second-order valence-electron chi connectivity index (χ2n) is 7.45. The molecule has 30 heavy (non-hydrogen) atoms. The van der Waals surface area contributed by atoms with Crippen LogP contribution in [0.4, 0.5) is 10.1 Å². The number of carbonyl (C=O) groups is 3. The normalized spacial score (nSPS) is 20.8. The van der Waals surface area contributed by atoms with E-state index in [0.29, 0.717) is 38.2 Å². The van der Waals surface area contributed by atoms with Crippen LogP contribution in [0.5, 0.6) is 0 Å². The van der Waals surface area contributed by atoms with E-state index >= 15 is 0 Å². The summed E-state index contributed by atoms with van der Waals surface area (Å²) in [5.41, 5.74) is 1.52. The van der Waals surface area contributed by atoms with Crippen LogP contribution in [0.1, 0.15) is 18.4 Å². The van der Waals surface area contributed by atoms with E-state index < -0.39 is 5.25 Å². The van der Waals surface area contributed by atoms with Gasteiger partial charge in [0.05, 0.1) is 11.6 Å². The van der Waals surface area contributed by atoms with Crippen molar-refractivity contribution in [3.63, 3.8) is 0 Å². The third-order valence-electron chi connectivity index (χ3n) is 5.34. The zero-order valence-electron chi connectivity index (χ0n) is 16.3. The summed E-state index contributed by atoms with van der Waals surface area (Å²) in [5, 5.41) is 4.81. The smallest absolute Gasteiger partial charge is 0.247 e. The van der Waals surface area contributed by atoms with Crippen LogP contribution in [0.15, 0.2) is 53.4 Å². The topological polar surface area (TPSA) is 78.5 Å². The largest absolute Gasteiger partial charge is 0.352 e. The number of halogens is 1. The number of nitrogens with zero attached hydrogens (tertiary/aromatic N) is 1. The number of anilines is 1. The third-order valence-corrected chi connectivity index (χ3v) is 6.60. The highest BCUT2D eigenvalue weighted by Gasteiger charge is 2.38. The fourth-order valence-corrected chi connectivity index (χ4v) is 4.78.